The molecule has 0 saturated heterocycles. The number of anilines is 3. The zero-order valence-electron chi connectivity index (χ0n) is 37.5. The summed E-state index contributed by atoms with van der Waals surface area (Å²) in [6.07, 6.45) is 0. The van der Waals surface area contributed by atoms with Crippen molar-refractivity contribution in [2.75, 3.05) is 4.90 Å². The Morgan fingerprint density at radius 3 is 1.23 bits per heavy atom. The number of hydrogen-bond donors (Lipinski definition) is 0. The molecule has 3 aliphatic carbocycles. The van der Waals surface area contributed by atoms with Crippen molar-refractivity contribution in [3.05, 3.63) is 234 Å². The summed E-state index contributed by atoms with van der Waals surface area (Å²) in [5.41, 5.74) is 26.5. The third-order valence-electron chi connectivity index (χ3n) is 15.1. The Balaban J connectivity index is 1.14. The van der Waals surface area contributed by atoms with E-state index in [0.717, 1.165) is 17.1 Å². The first-order chi connectivity index (χ1) is 31.0. The summed E-state index contributed by atoms with van der Waals surface area (Å²) in [6.45, 7) is 14.3. The quantitative estimate of drug-likeness (QED) is 0.161. The van der Waals surface area contributed by atoms with Gasteiger partial charge in [0.1, 0.15) is 0 Å². The second kappa shape index (κ2) is 13.9. The first kappa shape index (κ1) is 38.5. The standard InChI is InChI=1S/C63H51N/c1-61(2)53-26-13-10-20-45(53)48-36-34-43(38-56(48)61)64(44-35-37-49-46-21-11-14-27-54(46)62(3,4)57(49)39-44)58-29-17-23-50(59(58)42-32-30-41(31-33-42)40-18-8-7-9-19-40)52-25-16-24-51-47-22-12-15-28-55(47)63(5,6)60(51)52/h7-39H,1-6H3. The third-order valence-corrected chi connectivity index (χ3v) is 15.1. The van der Waals surface area contributed by atoms with Crippen molar-refractivity contribution in [2.24, 2.45) is 0 Å². The molecule has 0 bridgehead atoms. The molecule has 3 aliphatic rings. The Hall–Kier alpha value is -7.22. The van der Waals surface area contributed by atoms with Gasteiger partial charge in [-0.25, -0.2) is 0 Å². The maximum Gasteiger partial charge on any atom is 0.0546 e. The zero-order chi connectivity index (χ0) is 43.5. The van der Waals surface area contributed by atoms with E-state index in [1.807, 2.05) is 0 Å². The van der Waals surface area contributed by atoms with Gasteiger partial charge in [-0.3, -0.25) is 0 Å². The highest BCUT2D eigenvalue weighted by atomic mass is 15.1. The number of nitrogens with zero attached hydrogens (tertiary/aromatic N) is 1. The Kier molecular flexibility index (Phi) is 8.35. The summed E-state index contributed by atoms with van der Waals surface area (Å²) in [7, 11) is 0. The average Bonchev–Trinajstić information content (AvgIpc) is 3.81. The molecule has 0 N–H and O–H groups in total. The Morgan fingerprint density at radius 1 is 0.281 bits per heavy atom. The van der Waals surface area contributed by atoms with Crippen molar-refractivity contribution in [1.29, 1.82) is 0 Å². The molecule has 308 valence electrons. The molecule has 0 amide bonds. The molecular formula is C63H51N. The van der Waals surface area contributed by atoms with Gasteiger partial charge in [0.05, 0.1) is 5.69 Å². The largest absolute Gasteiger partial charge is 0.310 e. The number of rotatable bonds is 6. The van der Waals surface area contributed by atoms with Gasteiger partial charge < -0.3 is 4.90 Å². The molecule has 0 saturated carbocycles. The van der Waals surface area contributed by atoms with Crippen molar-refractivity contribution >= 4 is 17.1 Å². The van der Waals surface area contributed by atoms with E-state index in [9.17, 15) is 0 Å². The summed E-state index contributed by atoms with van der Waals surface area (Å²) >= 11 is 0. The lowest BCUT2D eigenvalue weighted by molar-refractivity contribution is 0.660. The minimum Gasteiger partial charge on any atom is -0.310 e. The summed E-state index contributed by atoms with van der Waals surface area (Å²) in [6, 6.07) is 75.3. The Bertz CT molecular complexity index is 3240. The third kappa shape index (κ3) is 5.50. The Labute approximate surface area is 378 Å². The van der Waals surface area contributed by atoms with Gasteiger partial charge in [0.25, 0.3) is 0 Å². The smallest absolute Gasteiger partial charge is 0.0546 e. The van der Waals surface area contributed by atoms with Crippen LogP contribution in [0.4, 0.5) is 17.1 Å². The summed E-state index contributed by atoms with van der Waals surface area (Å²) in [5.74, 6) is 0. The molecule has 1 heteroatoms. The predicted octanol–water partition coefficient (Wildman–Crippen LogP) is 17.1. The van der Waals surface area contributed by atoms with Gasteiger partial charge in [-0.1, -0.05) is 211 Å². The summed E-state index contributed by atoms with van der Waals surface area (Å²) < 4.78 is 0. The first-order valence-electron chi connectivity index (χ1n) is 22.8. The average molecular weight is 822 g/mol. The SMILES string of the molecule is CC1(C)c2ccccc2-c2ccc(N(c3ccc4c(c3)C(C)(C)c3ccccc3-4)c3cccc(-c4cccc5c4C(C)(C)c4ccccc4-5)c3-c3ccc(-c4ccccc4)cc3)cc21. The fourth-order valence-corrected chi connectivity index (χ4v) is 11.9. The topological polar surface area (TPSA) is 3.24 Å². The van der Waals surface area contributed by atoms with Crippen LogP contribution < -0.4 is 4.90 Å². The van der Waals surface area contributed by atoms with Gasteiger partial charge in [0.15, 0.2) is 0 Å². The maximum atomic E-state index is 2.56. The zero-order valence-corrected chi connectivity index (χ0v) is 37.5. The second-order valence-electron chi connectivity index (χ2n) is 19.7. The van der Waals surface area contributed by atoms with Crippen LogP contribution in [0.5, 0.6) is 0 Å². The van der Waals surface area contributed by atoms with Crippen LogP contribution in [0.15, 0.2) is 200 Å². The van der Waals surface area contributed by atoms with Crippen molar-refractivity contribution in [2.45, 2.75) is 57.8 Å². The highest BCUT2D eigenvalue weighted by Gasteiger charge is 2.40. The highest BCUT2D eigenvalue weighted by Crippen LogP contribution is 2.57. The van der Waals surface area contributed by atoms with E-state index in [2.05, 4.69) is 247 Å². The van der Waals surface area contributed by atoms with Crippen molar-refractivity contribution < 1.29 is 0 Å². The van der Waals surface area contributed by atoms with Gasteiger partial charge in [0.2, 0.25) is 0 Å². The molecule has 0 aliphatic heterocycles. The van der Waals surface area contributed by atoms with Crippen LogP contribution in [0.1, 0.15) is 74.9 Å². The van der Waals surface area contributed by atoms with E-state index in [1.54, 1.807) is 0 Å². The molecule has 9 aromatic carbocycles. The van der Waals surface area contributed by atoms with E-state index in [4.69, 9.17) is 0 Å². The minimum absolute atomic E-state index is 0.154. The van der Waals surface area contributed by atoms with Gasteiger partial charge in [0, 0.05) is 33.2 Å². The minimum atomic E-state index is -0.187. The van der Waals surface area contributed by atoms with E-state index in [-0.39, 0.29) is 16.2 Å². The van der Waals surface area contributed by atoms with E-state index >= 15 is 0 Å². The lowest BCUT2D eigenvalue weighted by Crippen LogP contribution is -2.18. The Morgan fingerprint density at radius 2 is 0.672 bits per heavy atom. The van der Waals surface area contributed by atoms with Crippen LogP contribution in [-0.4, -0.2) is 0 Å². The monoisotopic (exact) mass is 821 g/mol. The molecule has 0 heterocycles. The van der Waals surface area contributed by atoms with Crippen LogP contribution in [0.3, 0.4) is 0 Å². The molecule has 0 fully saturated rings. The van der Waals surface area contributed by atoms with Crippen molar-refractivity contribution in [1.82, 2.24) is 0 Å². The number of hydrogen-bond acceptors (Lipinski definition) is 1. The van der Waals surface area contributed by atoms with Gasteiger partial charge in [-0.15, -0.1) is 0 Å². The van der Waals surface area contributed by atoms with Crippen molar-refractivity contribution in [3.8, 4) is 66.8 Å². The lowest BCUT2D eigenvalue weighted by Gasteiger charge is -2.32. The van der Waals surface area contributed by atoms with E-state index in [0.29, 0.717) is 0 Å². The number of fused-ring (bicyclic) bond motifs is 9. The van der Waals surface area contributed by atoms with Gasteiger partial charge >= 0.3 is 0 Å². The highest BCUT2D eigenvalue weighted by molar-refractivity contribution is 6.01. The number of benzene rings is 9. The van der Waals surface area contributed by atoms with Gasteiger partial charge in [-0.05, 0) is 125 Å². The molecular weight excluding hydrogens is 771 g/mol. The van der Waals surface area contributed by atoms with Crippen molar-refractivity contribution in [3.63, 3.8) is 0 Å². The van der Waals surface area contributed by atoms with Crippen LogP contribution in [0.25, 0.3) is 66.8 Å². The molecule has 1 nitrogen and oxygen atoms in total. The molecule has 0 aromatic heterocycles. The molecule has 0 unspecified atom stereocenters. The molecule has 0 spiro atoms. The van der Waals surface area contributed by atoms with Crippen LogP contribution in [0, 0.1) is 0 Å². The van der Waals surface area contributed by atoms with E-state index in [1.165, 1.54) is 100 Å². The molecule has 12 rings (SSSR count). The second-order valence-corrected chi connectivity index (χ2v) is 19.7. The molecule has 0 atom stereocenters. The van der Waals surface area contributed by atoms with Crippen LogP contribution in [0.2, 0.25) is 0 Å². The molecule has 0 radical (unpaired) electrons. The lowest BCUT2D eigenvalue weighted by atomic mass is 9.77. The summed E-state index contributed by atoms with van der Waals surface area (Å²) in [5, 5.41) is 0. The van der Waals surface area contributed by atoms with Gasteiger partial charge in [-0.2, -0.15) is 0 Å². The summed E-state index contributed by atoms with van der Waals surface area (Å²) in [4.78, 5) is 2.56. The maximum absolute atomic E-state index is 2.56. The predicted molar refractivity (Wildman–Crippen MR) is 270 cm³/mol. The molecule has 64 heavy (non-hydrogen) atoms. The fourth-order valence-electron chi connectivity index (χ4n) is 11.9. The normalized spacial score (nSPS) is 15.1. The van der Waals surface area contributed by atoms with Crippen LogP contribution in [-0.2, 0) is 16.2 Å². The van der Waals surface area contributed by atoms with Crippen LogP contribution >= 0.6 is 0 Å². The first-order valence-corrected chi connectivity index (χ1v) is 22.8. The fraction of sp³-hybridized carbons (Fsp3) is 0.143. The van der Waals surface area contributed by atoms with E-state index < -0.39 is 0 Å². The molecule has 9 aromatic rings.